The molecule has 5 aliphatic rings. The van der Waals surface area contributed by atoms with E-state index in [0.717, 1.165) is 0 Å². The van der Waals surface area contributed by atoms with Crippen LogP contribution < -0.4 is 0 Å². The summed E-state index contributed by atoms with van der Waals surface area (Å²) in [6.45, 7) is -5.18. The van der Waals surface area contributed by atoms with E-state index in [9.17, 15) is 66.4 Å². The van der Waals surface area contributed by atoms with Gasteiger partial charge in [-0.2, -0.15) is 0 Å². The van der Waals surface area contributed by atoms with E-state index in [1.54, 1.807) is 6.92 Å². The fraction of sp³-hybridized carbons (Fsp3) is 1.00. The van der Waals surface area contributed by atoms with Gasteiger partial charge in [0.1, 0.15) is 91.6 Å². The molecule has 466 valence electrons. The maximum atomic E-state index is 12.2. The zero-order valence-electron chi connectivity index (χ0n) is 44.5. The summed E-state index contributed by atoms with van der Waals surface area (Å²) in [5, 5.41) is 149. The molecule has 4 saturated heterocycles. The molecule has 79 heavy (non-hydrogen) atoms. The minimum Gasteiger partial charge on any atom is -0.396 e. The molecule has 0 aromatic carbocycles. The molecule has 4 heterocycles. The van der Waals surface area contributed by atoms with Crippen molar-refractivity contribution in [2.45, 2.75) is 154 Å². The monoisotopic (exact) mass is 1160 g/mol. The second-order valence-electron chi connectivity index (χ2n) is 19.2. The van der Waals surface area contributed by atoms with Crippen molar-refractivity contribution in [2.24, 2.45) is 11.8 Å². The highest BCUT2D eigenvalue weighted by molar-refractivity contribution is 5.01. The highest BCUT2D eigenvalue weighted by atomic mass is 17.1. The van der Waals surface area contributed by atoms with Crippen LogP contribution >= 0.6 is 0 Å². The van der Waals surface area contributed by atoms with Crippen molar-refractivity contribution in [1.82, 2.24) is 0 Å². The lowest BCUT2D eigenvalue weighted by Gasteiger charge is -2.51. The Morgan fingerprint density at radius 3 is 1.35 bits per heavy atom. The quantitative estimate of drug-likeness (QED) is 0.0120. The zero-order valence-corrected chi connectivity index (χ0v) is 44.5. The largest absolute Gasteiger partial charge is 0.396 e. The van der Waals surface area contributed by atoms with Crippen LogP contribution in [0.5, 0.6) is 0 Å². The summed E-state index contributed by atoms with van der Waals surface area (Å²) in [6.07, 6.45) is -34.3. The van der Waals surface area contributed by atoms with Crippen molar-refractivity contribution >= 4 is 0 Å². The van der Waals surface area contributed by atoms with E-state index < -0.39 is 213 Å². The maximum absolute atomic E-state index is 12.2. The summed E-state index contributed by atoms with van der Waals surface area (Å²) < 4.78 is 101. The van der Waals surface area contributed by atoms with E-state index in [-0.39, 0.29) is 65.9 Å². The average Bonchev–Trinajstić information content (AvgIpc) is 3.50. The van der Waals surface area contributed by atoms with Gasteiger partial charge >= 0.3 is 0 Å². The topological polar surface area (TPSA) is 449 Å². The SMILES string of the molecule is CO[C@@H]1OC(COCCO)[C@@H](OCC2O[C@@H](O[C@H]3C(COCOO)O[C@@H](OC)C(OCCO)[C@H]3O)C(O)[C@@H](O)[C@H]2O[C@@H]2CC(CO)[C@H](O[C@@H]3OC(COCCO)[C@@H](C)[C@H](O)C3OCCO)[C@H](O)C2OCCO)[C@H](O)C1OCCO. The van der Waals surface area contributed by atoms with Crippen molar-refractivity contribution in [3.05, 3.63) is 0 Å². The number of ether oxygens (including phenoxy) is 17. The minimum atomic E-state index is -2.08. The third-order valence-electron chi connectivity index (χ3n) is 14.1. The Morgan fingerprint density at radius 2 is 0.823 bits per heavy atom. The smallest absolute Gasteiger partial charge is 0.187 e. The molecular formula is C47H86O32. The van der Waals surface area contributed by atoms with E-state index >= 15 is 0 Å². The normalized spacial score (nSPS) is 41.2. The third-order valence-corrected chi connectivity index (χ3v) is 14.1. The molecule has 25 atom stereocenters. The Hall–Kier alpha value is -1.28. The van der Waals surface area contributed by atoms with E-state index in [0.29, 0.717) is 0 Å². The first-order valence-electron chi connectivity index (χ1n) is 26.3. The first kappa shape index (κ1) is 68.5. The van der Waals surface area contributed by atoms with E-state index in [2.05, 4.69) is 4.89 Å². The highest BCUT2D eigenvalue weighted by Gasteiger charge is 2.57. The summed E-state index contributed by atoms with van der Waals surface area (Å²) in [5.74, 6) is -1.68. The van der Waals surface area contributed by atoms with E-state index in [1.807, 2.05) is 0 Å². The van der Waals surface area contributed by atoms with Crippen molar-refractivity contribution in [3.63, 3.8) is 0 Å². The standard InChI is InChI=1S/C47H86O32/c1-23-26(18-64-10-4-48)74-47(41(30(23)55)68-13-7-51)78-36-24(17-54)16-25(37(33(36)58)67-12-6-50)73-39-29(21-71-38-27(19-65-11-5-49)76-45(62-2)42(34(38)59)69-14-8-52)75-44(32(57)31(39)56)79-40-28(20-66-22-72-61)77-46(63-3)43(35(40)60)70-15-9-53/h23-61H,4-22H2,1-3H3/t23-,24?,25-,26?,27?,28?,29?,30+,31-,32?,33+,34+,35+,36+,37?,38-,39+,40+,41?,42?,43?,44+,45-,46-,47+/m1/s1. The molecule has 4 aliphatic heterocycles. The zero-order chi connectivity index (χ0) is 57.6. The fourth-order valence-electron chi connectivity index (χ4n) is 10.2. The molecule has 0 amide bonds. The van der Waals surface area contributed by atoms with Gasteiger partial charge in [0.2, 0.25) is 0 Å². The van der Waals surface area contributed by atoms with Gasteiger partial charge in [0.05, 0.1) is 130 Å². The van der Waals surface area contributed by atoms with Crippen LogP contribution in [0, 0.1) is 11.8 Å². The van der Waals surface area contributed by atoms with Crippen LogP contribution in [-0.4, -0.2) is 346 Å². The Kier molecular flexibility index (Phi) is 31.1. The second-order valence-corrected chi connectivity index (χ2v) is 19.2. The number of methoxy groups -OCH3 is 2. The predicted molar refractivity (Wildman–Crippen MR) is 255 cm³/mol. The van der Waals surface area contributed by atoms with Crippen LogP contribution in [0.15, 0.2) is 0 Å². The number of aliphatic hydroxyl groups is 13. The lowest BCUT2D eigenvalue weighted by Crippen LogP contribution is -2.67. The average molecular weight is 1160 g/mol. The van der Waals surface area contributed by atoms with Gasteiger partial charge in [-0.15, -0.1) is 0 Å². The first-order chi connectivity index (χ1) is 38.2. The lowest BCUT2D eigenvalue weighted by molar-refractivity contribution is -0.375. The Bertz CT molecular complexity index is 1600. The summed E-state index contributed by atoms with van der Waals surface area (Å²) in [4.78, 5) is 4.02. The van der Waals surface area contributed by atoms with Crippen LogP contribution in [0.3, 0.4) is 0 Å². The molecule has 5 rings (SSSR count). The summed E-state index contributed by atoms with van der Waals surface area (Å²) in [5.41, 5.74) is 0. The van der Waals surface area contributed by atoms with Gasteiger partial charge < -0.3 is 147 Å². The van der Waals surface area contributed by atoms with Crippen LogP contribution in [0.1, 0.15) is 13.3 Å². The molecule has 14 N–H and O–H groups in total. The van der Waals surface area contributed by atoms with Gasteiger partial charge in [0.25, 0.3) is 0 Å². The highest BCUT2D eigenvalue weighted by Crippen LogP contribution is 2.39. The molecule has 1 aliphatic carbocycles. The summed E-state index contributed by atoms with van der Waals surface area (Å²) in [6, 6.07) is 0. The third kappa shape index (κ3) is 18.4. The Morgan fingerprint density at radius 1 is 0.392 bits per heavy atom. The predicted octanol–water partition coefficient (Wildman–Crippen LogP) is -8.11. The van der Waals surface area contributed by atoms with Gasteiger partial charge in [-0.3, -0.25) is 0 Å². The van der Waals surface area contributed by atoms with E-state index in [1.165, 1.54) is 14.2 Å². The summed E-state index contributed by atoms with van der Waals surface area (Å²) >= 11 is 0. The van der Waals surface area contributed by atoms with Gasteiger partial charge in [0, 0.05) is 32.7 Å². The molecule has 0 spiro atoms. The minimum absolute atomic E-state index is 0.0438. The van der Waals surface area contributed by atoms with Crippen LogP contribution in [-0.2, 0) is 85.4 Å². The Labute approximate surface area is 456 Å². The van der Waals surface area contributed by atoms with Crippen molar-refractivity contribution in [2.75, 3.05) is 133 Å². The van der Waals surface area contributed by atoms with Crippen LogP contribution in [0.25, 0.3) is 0 Å². The second kappa shape index (κ2) is 35.9. The number of aliphatic hydroxyl groups excluding tert-OH is 13. The molecule has 0 bridgehead atoms. The van der Waals surface area contributed by atoms with Gasteiger partial charge in [-0.25, -0.2) is 10.1 Å². The van der Waals surface area contributed by atoms with Crippen molar-refractivity contribution in [1.29, 1.82) is 0 Å². The van der Waals surface area contributed by atoms with Crippen molar-refractivity contribution < 1.29 is 157 Å². The van der Waals surface area contributed by atoms with Crippen LogP contribution in [0.4, 0.5) is 0 Å². The van der Waals surface area contributed by atoms with Crippen LogP contribution in [0.2, 0.25) is 0 Å². The van der Waals surface area contributed by atoms with Gasteiger partial charge in [0.15, 0.2) is 32.0 Å². The van der Waals surface area contributed by atoms with Crippen molar-refractivity contribution in [3.8, 4) is 0 Å². The molecule has 10 unspecified atom stereocenters. The molecule has 0 radical (unpaired) electrons. The summed E-state index contributed by atoms with van der Waals surface area (Å²) in [7, 11) is 2.54. The fourth-order valence-corrected chi connectivity index (χ4v) is 10.2. The molecular weight excluding hydrogens is 1080 g/mol. The maximum Gasteiger partial charge on any atom is 0.187 e. The Balaban J connectivity index is 1.50. The molecule has 32 nitrogen and oxygen atoms in total. The molecule has 32 heteroatoms. The van der Waals surface area contributed by atoms with E-state index in [4.69, 9.17) is 85.8 Å². The lowest BCUT2D eigenvalue weighted by atomic mass is 9.80. The number of hydrogen-bond donors (Lipinski definition) is 14. The van der Waals surface area contributed by atoms with Gasteiger partial charge in [-0.05, 0) is 6.42 Å². The molecule has 5 fully saturated rings. The molecule has 0 aromatic rings. The van der Waals surface area contributed by atoms with Gasteiger partial charge in [-0.1, -0.05) is 6.92 Å². The number of hydrogen-bond acceptors (Lipinski definition) is 32. The molecule has 1 saturated carbocycles. The first-order valence-corrected chi connectivity index (χ1v) is 26.3. The molecule has 0 aromatic heterocycles. The number of rotatable bonds is 36.